The van der Waals surface area contributed by atoms with E-state index in [1.165, 1.54) is 18.0 Å². The van der Waals surface area contributed by atoms with Crippen molar-refractivity contribution in [1.29, 1.82) is 0 Å². The largest absolute Gasteiger partial charge is 0.493 e. The molecule has 1 aromatic heterocycles. The number of aryl methyl sites for hydroxylation is 1. The van der Waals surface area contributed by atoms with Crippen LogP contribution in [0.1, 0.15) is 11.4 Å². The van der Waals surface area contributed by atoms with Crippen LogP contribution in [0.25, 0.3) is 10.9 Å². The summed E-state index contributed by atoms with van der Waals surface area (Å²) >= 11 is 9.63. The van der Waals surface area contributed by atoms with Gasteiger partial charge in [0.2, 0.25) is 0 Å². The van der Waals surface area contributed by atoms with Gasteiger partial charge in [0.05, 0.1) is 37.4 Å². The van der Waals surface area contributed by atoms with Crippen LogP contribution in [0.3, 0.4) is 0 Å². The Morgan fingerprint density at radius 2 is 2.06 bits per heavy atom. The van der Waals surface area contributed by atoms with E-state index in [9.17, 15) is 9.59 Å². The molecule has 1 fully saturated rings. The molecule has 0 atom stereocenters. The monoisotopic (exact) mass is 548 g/mol. The molecule has 9 nitrogen and oxygen atoms in total. The summed E-state index contributed by atoms with van der Waals surface area (Å²) in [5.41, 5.74) is 0.700. The first-order chi connectivity index (χ1) is 16.4. The van der Waals surface area contributed by atoms with E-state index < -0.39 is 0 Å². The van der Waals surface area contributed by atoms with Gasteiger partial charge in [0, 0.05) is 34.2 Å². The molecule has 2 aromatic carbocycles. The summed E-state index contributed by atoms with van der Waals surface area (Å²) in [5, 5.41) is 5.15. The highest BCUT2D eigenvalue weighted by Crippen LogP contribution is 2.34. The molecule has 0 radical (unpaired) electrons. The lowest BCUT2D eigenvalue weighted by Gasteiger charge is -2.27. The summed E-state index contributed by atoms with van der Waals surface area (Å²) in [4.78, 5) is 31.7. The van der Waals surface area contributed by atoms with E-state index >= 15 is 0 Å². The zero-order valence-corrected chi connectivity index (χ0v) is 20.9. The summed E-state index contributed by atoms with van der Waals surface area (Å²) in [7, 11) is 1.48. The molecule has 1 aliphatic rings. The zero-order valence-electron chi connectivity index (χ0n) is 18.6. The van der Waals surface area contributed by atoms with Crippen molar-refractivity contribution < 1.29 is 19.0 Å². The molecule has 1 saturated heterocycles. The van der Waals surface area contributed by atoms with Gasteiger partial charge in [0.15, 0.2) is 18.1 Å². The molecule has 0 unspecified atom stereocenters. The van der Waals surface area contributed by atoms with E-state index in [4.69, 9.17) is 25.8 Å². The van der Waals surface area contributed by atoms with E-state index in [0.717, 1.165) is 4.47 Å². The molecule has 34 heavy (non-hydrogen) atoms. The number of benzene rings is 2. The molecule has 3 aromatic rings. The molecular weight excluding hydrogens is 528 g/mol. The van der Waals surface area contributed by atoms with Crippen molar-refractivity contribution in [3.63, 3.8) is 0 Å². The Hall–Kier alpha value is -2.95. The lowest BCUT2D eigenvalue weighted by atomic mass is 10.2. The van der Waals surface area contributed by atoms with E-state index in [-0.39, 0.29) is 18.1 Å². The van der Waals surface area contributed by atoms with E-state index in [1.54, 1.807) is 36.1 Å². The molecular formula is C23H22BrClN4O5. The Morgan fingerprint density at radius 3 is 2.79 bits per heavy atom. The molecule has 0 bridgehead atoms. The Bertz CT molecular complexity index is 1320. The average Bonchev–Trinajstić information content (AvgIpc) is 2.83. The molecule has 4 rings (SSSR count). The first kappa shape index (κ1) is 24.2. The highest BCUT2D eigenvalue weighted by atomic mass is 79.9. The Labute approximate surface area is 209 Å². The van der Waals surface area contributed by atoms with Gasteiger partial charge in [-0.1, -0.05) is 27.5 Å². The average molecular weight is 550 g/mol. The van der Waals surface area contributed by atoms with Crippen molar-refractivity contribution in [1.82, 2.24) is 14.6 Å². The number of halogens is 2. The molecule has 1 aliphatic heterocycles. The third-order valence-corrected chi connectivity index (χ3v) is 5.97. The SMILES string of the molecule is COc1cc(Cl)cc(C=Nn2c(C)nc3ccc(Br)cc3c2=O)c1OCC(=O)N1CCOCC1. The van der Waals surface area contributed by atoms with E-state index in [2.05, 4.69) is 26.0 Å². The number of aromatic nitrogens is 2. The fourth-order valence-electron chi connectivity index (χ4n) is 3.54. The van der Waals surface area contributed by atoms with Crippen LogP contribution in [0.5, 0.6) is 11.5 Å². The number of rotatable bonds is 6. The second-order valence-electron chi connectivity index (χ2n) is 7.49. The van der Waals surface area contributed by atoms with E-state index in [0.29, 0.717) is 65.1 Å². The number of morpholine rings is 1. The van der Waals surface area contributed by atoms with Crippen LogP contribution >= 0.6 is 27.5 Å². The van der Waals surface area contributed by atoms with Crippen LogP contribution in [0.2, 0.25) is 5.02 Å². The number of methoxy groups -OCH3 is 1. The molecule has 11 heteroatoms. The molecule has 0 saturated carbocycles. The third-order valence-electron chi connectivity index (χ3n) is 5.25. The highest BCUT2D eigenvalue weighted by molar-refractivity contribution is 9.10. The quantitative estimate of drug-likeness (QED) is 0.438. The normalized spacial score (nSPS) is 14.1. The second kappa shape index (κ2) is 10.5. The van der Waals surface area contributed by atoms with Gasteiger partial charge >= 0.3 is 0 Å². The predicted molar refractivity (Wildman–Crippen MR) is 132 cm³/mol. The molecule has 2 heterocycles. The first-order valence-corrected chi connectivity index (χ1v) is 11.6. The fraction of sp³-hybridized carbons (Fsp3) is 0.304. The molecule has 0 aliphatic carbocycles. The number of carbonyl (C=O) groups is 1. The van der Waals surface area contributed by atoms with Crippen LogP contribution in [-0.2, 0) is 9.53 Å². The maximum atomic E-state index is 13.0. The van der Waals surface area contributed by atoms with Crippen molar-refractivity contribution in [2.75, 3.05) is 40.0 Å². The minimum Gasteiger partial charge on any atom is -0.493 e. The van der Waals surface area contributed by atoms with E-state index in [1.807, 2.05) is 6.07 Å². The third kappa shape index (κ3) is 5.24. The summed E-state index contributed by atoms with van der Waals surface area (Å²) in [6.07, 6.45) is 1.43. The minimum absolute atomic E-state index is 0.167. The Balaban J connectivity index is 1.67. The summed E-state index contributed by atoms with van der Waals surface area (Å²) in [6, 6.07) is 8.49. The molecule has 0 N–H and O–H groups in total. The zero-order chi connectivity index (χ0) is 24.2. The Morgan fingerprint density at radius 1 is 1.29 bits per heavy atom. The molecule has 0 spiro atoms. The van der Waals surface area contributed by atoms with Crippen molar-refractivity contribution >= 4 is 50.6 Å². The van der Waals surface area contributed by atoms with Gasteiger partial charge in [0.1, 0.15) is 5.82 Å². The van der Waals surface area contributed by atoms with Gasteiger partial charge in [-0.05, 0) is 31.2 Å². The number of nitrogens with zero attached hydrogens (tertiary/aromatic N) is 4. The number of carbonyl (C=O) groups excluding carboxylic acids is 1. The van der Waals surface area contributed by atoms with Crippen LogP contribution in [0.4, 0.5) is 0 Å². The van der Waals surface area contributed by atoms with Gasteiger partial charge in [-0.3, -0.25) is 9.59 Å². The van der Waals surface area contributed by atoms with Crippen LogP contribution < -0.4 is 15.0 Å². The van der Waals surface area contributed by atoms with Crippen molar-refractivity contribution in [3.8, 4) is 11.5 Å². The van der Waals surface area contributed by atoms with Gasteiger partial charge < -0.3 is 19.1 Å². The maximum absolute atomic E-state index is 13.0. The maximum Gasteiger partial charge on any atom is 0.282 e. The second-order valence-corrected chi connectivity index (χ2v) is 8.84. The topological polar surface area (TPSA) is 95.2 Å². The number of ether oxygens (including phenoxy) is 3. The van der Waals surface area contributed by atoms with Crippen LogP contribution in [0.15, 0.2) is 44.7 Å². The number of amides is 1. The van der Waals surface area contributed by atoms with Gasteiger partial charge in [-0.2, -0.15) is 9.78 Å². The highest BCUT2D eigenvalue weighted by Gasteiger charge is 2.20. The van der Waals surface area contributed by atoms with Crippen LogP contribution in [0, 0.1) is 6.92 Å². The lowest BCUT2D eigenvalue weighted by molar-refractivity contribution is -0.137. The van der Waals surface area contributed by atoms with Gasteiger partial charge in [-0.15, -0.1) is 0 Å². The predicted octanol–water partition coefficient (Wildman–Crippen LogP) is 3.25. The summed E-state index contributed by atoms with van der Waals surface area (Å²) in [5.74, 6) is 0.877. The van der Waals surface area contributed by atoms with Crippen molar-refractivity contribution in [3.05, 3.63) is 61.6 Å². The van der Waals surface area contributed by atoms with Crippen LogP contribution in [-0.4, -0.2) is 66.7 Å². The standard InChI is InChI=1S/C23H22BrClN4O5/c1-14-27-19-4-3-16(24)10-18(19)23(31)29(14)26-12-15-9-17(25)11-20(32-2)22(15)34-13-21(30)28-5-7-33-8-6-28/h3-4,9-12H,5-8,13H2,1-2H3. The lowest BCUT2D eigenvalue weighted by Crippen LogP contribution is -2.43. The summed E-state index contributed by atoms with van der Waals surface area (Å²) < 4.78 is 18.5. The van der Waals surface area contributed by atoms with Crippen molar-refractivity contribution in [2.45, 2.75) is 6.92 Å². The number of hydrogen-bond acceptors (Lipinski definition) is 7. The molecule has 1 amide bonds. The van der Waals surface area contributed by atoms with Gasteiger partial charge in [0.25, 0.3) is 11.5 Å². The smallest absolute Gasteiger partial charge is 0.282 e. The minimum atomic E-state index is -0.320. The first-order valence-electron chi connectivity index (χ1n) is 10.5. The summed E-state index contributed by atoms with van der Waals surface area (Å²) in [6.45, 7) is 3.53. The number of fused-ring (bicyclic) bond motifs is 1. The van der Waals surface area contributed by atoms with Crippen molar-refractivity contribution in [2.24, 2.45) is 5.10 Å². The Kier molecular flexibility index (Phi) is 7.50. The van der Waals surface area contributed by atoms with Gasteiger partial charge in [-0.25, -0.2) is 4.98 Å². The fourth-order valence-corrected chi connectivity index (χ4v) is 4.12. The molecule has 178 valence electrons. The number of hydrogen-bond donors (Lipinski definition) is 0.